The molecule has 1 unspecified atom stereocenters. The second-order valence-electron chi connectivity index (χ2n) is 7.45. The highest BCUT2D eigenvalue weighted by atomic mass is 19.1. The van der Waals surface area contributed by atoms with E-state index in [1.54, 1.807) is 7.11 Å². The predicted octanol–water partition coefficient (Wildman–Crippen LogP) is 3.35. The van der Waals surface area contributed by atoms with Crippen molar-refractivity contribution in [3.8, 4) is 5.75 Å². The number of benzene rings is 2. The van der Waals surface area contributed by atoms with Crippen LogP contribution in [0.3, 0.4) is 0 Å². The Morgan fingerprint density at radius 2 is 1.79 bits per heavy atom. The van der Waals surface area contributed by atoms with Crippen LogP contribution in [0.15, 0.2) is 36.4 Å². The third-order valence-corrected chi connectivity index (χ3v) is 5.32. The Balaban J connectivity index is 1.66. The van der Waals surface area contributed by atoms with Gasteiger partial charge < -0.3 is 9.84 Å². The number of aliphatic hydroxyl groups is 1. The molecule has 6 heteroatoms. The minimum Gasteiger partial charge on any atom is -0.496 e. The van der Waals surface area contributed by atoms with Gasteiger partial charge >= 0.3 is 0 Å². The molecule has 2 aromatic rings. The molecule has 1 heterocycles. The first kappa shape index (κ1) is 20.7. The molecule has 0 aromatic heterocycles. The lowest BCUT2D eigenvalue weighted by atomic mass is 10.0. The van der Waals surface area contributed by atoms with Gasteiger partial charge in [-0.1, -0.05) is 12.1 Å². The summed E-state index contributed by atoms with van der Waals surface area (Å²) in [6, 6.07) is 10.1. The van der Waals surface area contributed by atoms with E-state index in [1.165, 1.54) is 17.7 Å². The zero-order valence-corrected chi connectivity index (χ0v) is 16.5. The molecule has 0 bridgehead atoms. The summed E-state index contributed by atoms with van der Waals surface area (Å²) in [6.45, 7) is 5.87. The quantitative estimate of drug-likeness (QED) is 0.787. The van der Waals surface area contributed by atoms with Crippen molar-refractivity contribution >= 4 is 0 Å². The Kier molecular flexibility index (Phi) is 6.99. The number of hydrogen-bond acceptors (Lipinski definition) is 4. The summed E-state index contributed by atoms with van der Waals surface area (Å²) >= 11 is 0. The highest BCUT2D eigenvalue weighted by Crippen LogP contribution is 2.23. The van der Waals surface area contributed by atoms with Gasteiger partial charge in [-0.3, -0.25) is 9.80 Å². The van der Waals surface area contributed by atoms with Crippen LogP contribution in [0.5, 0.6) is 5.75 Å². The third kappa shape index (κ3) is 5.28. The highest BCUT2D eigenvalue weighted by Gasteiger charge is 2.27. The Labute approximate surface area is 165 Å². The first-order valence-electron chi connectivity index (χ1n) is 9.64. The lowest BCUT2D eigenvalue weighted by Gasteiger charge is -2.41. The van der Waals surface area contributed by atoms with E-state index in [1.807, 2.05) is 13.0 Å². The molecule has 152 valence electrons. The molecule has 1 saturated heterocycles. The molecule has 3 rings (SSSR count). The molecule has 0 aliphatic carbocycles. The summed E-state index contributed by atoms with van der Waals surface area (Å²) in [5.74, 6) is -0.214. The van der Waals surface area contributed by atoms with Crippen molar-refractivity contribution in [2.75, 3.05) is 33.4 Å². The number of aryl methyl sites for hydroxylation is 1. The molecule has 1 N–H and O–H groups in total. The predicted molar refractivity (Wildman–Crippen MR) is 105 cm³/mol. The third-order valence-electron chi connectivity index (χ3n) is 5.32. The van der Waals surface area contributed by atoms with Gasteiger partial charge in [0.1, 0.15) is 17.4 Å². The van der Waals surface area contributed by atoms with Crippen molar-refractivity contribution in [2.24, 2.45) is 0 Å². The summed E-state index contributed by atoms with van der Waals surface area (Å²) in [6.07, 6.45) is 0.670. The van der Waals surface area contributed by atoms with Crippen LogP contribution < -0.4 is 4.74 Å². The van der Waals surface area contributed by atoms with Gasteiger partial charge in [0.15, 0.2) is 0 Å². The minimum atomic E-state index is -0.546. The Bertz CT molecular complexity index is 780. The van der Waals surface area contributed by atoms with Crippen molar-refractivity contribution < 1.29 is 18.6 Å². The van der Waals surface area contributed by atoms with Crippen molar-refractivity contribution in [1.29, 1.82) is 0 Å². The number of methoxy groups -OCH3 is 1. The smallest absolute Gasteiger partial charge is 0.126 e. The van der Waals surface area contributed by atoms with Crippen molar-refractivity contribution in [2.45, 2.75) is 32.5 Å². The maximum absolute atomic E-state index is 13.5. The number of halogens is 2. The number of hydrogen-bond donors (Lipinski definition) is 1. The molecule has 0 amide bonds. The number of rotatable bonds is 7. The first-order chi connectivity index (χ1) is 13.5. The maximum Gasteiger partial charge on any atom is 0.126 e. The van der Waals surface area contributed by atoms with Gasteiger partial charge in [-0.2, -0.15) is 0 Å². The molecular formula is C22H28F2N2O2. The van der Waals surface area contributed by atoms with E-state index in [0.717, 1.165) is 43.6 Å². The molecule has 1 atom stereocenters. The fourth-order valence-electron chi connectivity index (χ4n) is 3.97. The molecular weight excluding hydrogens is 362 g/mol. The number of ether oxygens (including phenoxy) is 1. The number of piperazine rings is 1. The largest absolute Gasteiger partial charge is 0.496 e. The van der Waals surface area contributed by atoms with E-state index in [9.17, 15) is 13.9 Å². The van der Waals surface area contributed by atoms with Crippen molar-refractivity contribution in [1.82, 2.24) is 9.80 Å². The zero-order valence-electron chi connectivity index (χ0n) is 16.5. The van der Waals surface area contributed by atoms with Crippen LogP contribution in [0.25, 0.3) is 0 Å². The molecule has 4 nitrogen and oxygen atoms in total. The van der Waals surface area contributed by atoms with Crippen LogP contribution in [0.1, 0.15) is 23.1 Å². The molecule has 0 spiro atoms. The van der Waals surface area contributed by atoms with Crippen LogP contribution in [-0.4, -0.2) is 54.3 Å². The molecule has 1 fully saturated rings. The van der Waals surface area contributed by atoms with Gasteiger partial charge in [-0.25, -0.2) is 8.78 Å². The minimum absolute atomic E-state index is 0.116. The summed E-state index contributed by atoms with van der Waals surface area (Å²) in [4.78, 5) is 4.57. The van der Waals surface area contributed by atoms with Crippen molar-refractivity contribution in [3.63, 3.8) is 0 Å². The van der Waals surface area contributed by atoms with E-state index in [2.05, 4.69) is 21.9 Å². The lowest BCUT2D eigenvalue weighted by molar-refractivity contribution is 0.0499. The normalized spacial score (nSPS) is 18.4. The molecule has 1 aliphatic rings. The van der Waals surface area contributed by atoms with Gasteiger partial charge in [0, 0.05) is 51.4 Å². The molecule has 0 radical (unpaired) electrons. The van der Waals surface area contributed by atoms with Gasteiger partial charge in [0.05, 0.1) is 7.11 Å². The average molecular weight is 390 g/mol. The fourth-order valence-corrected chi connectivity index (χ4v) is 3.97. The van der Waals surface area contributed by atoms with E-state index in [4.69, 9.17) is 4.74 Å². The van der Waals surface area contributed by atoms with E-state index in [-0.39, 0.29) is 12.6 Å². The van der Waals surface area contributed by atoms with Crippen LogP contribution in [0.2, 0.25) is 0 Å². The summed E-state index contributed by atoms with van der Waals surface area (Å²) in [5.41, 5.74) is 2.95. The van der Waals surface area contributed by atoms with Crippen LogP contribution in [0.4, 0.5) is 8.78 Å². The summed E-state index contributed by atoms with van der Waals surface area (Å²) < 4.78 is 32.3. The Hall–Kier alpha value is -2.02. The number of nitrogens with zero attached hydrogens (tertiary/aromatic N) is 2. The van der Waals surface area contributed by atoms with E-state index >= 15 is 0 Å². The maximum atomic E-state index is 13.5. The van der Waals surface area contributed by atoms with Crippen LogP contribution in [-0.2, 0) is 13.1 Å². The second kappa shape index (κ2) is 9.45. The topological polar surface area (TPSA) is 35.9 Å². The van der Waals surface area contributed by atoms with Gasteiger partial charge in [-0.05, 0) is 48.2 Å². The monoisotopic (exact) mass is 390 g/mol. The SMILES string of the molecule is COc1ccc(CN2CCN(Cc3cc(F)cc(F)c3)CC2CCO)cc1C. The van der Waals surface area contributed by atoms with Gasteiger partial charge in [-0.15, -0.1) is 0 Å². The number of aliphatic hydroxyl groups excluding tert-OH is 1. The van der Waals surface area contributed by atoms with Crippen LogP contribution >= 0.6 is 0 Å². The second-order valence-corrected chi connectivity index (χ2v) is 7.45. The Morgan fingerprint density at radius 1 is 1.04 bits per heavy atom. The first-order valence-corrected chi connectivity index (χ1v) is 9.64. The molecule has 0 saturated carbocycles. The van der Waals surface area contributed by atoms with Crippen LogP contribution in [0, 0.1) is 18.6 Å². The highest BCUT2D eigenvalue weighted by molar-refractivity contribution is 5.36. The average Bonchev–Trinajstić information content (AvgIpc) is 2.63. The van der Waals surface area contributed by atoms with E-state index in [0.29, 0.717) is 18.5 Å². The lowest BCUT2D eigenvalue weighted by Crippen LogP contribution is -2.52. The molecule has 28 heavy (non-hydrogen) atoms. The van der Waals surface area contributed by atoms with Gasteiger partial charge in [0.2, 0.25) is 0 Å². The van der Waals surface area contributed by atoms with E-state index < -0.39 is 11.6 Å². The van der Waals surface area contributed by atoms with Gasteiger partial charge in [0.25, 0.3) is 0 Å². The fraction of sp³-hybridized carbons (Fsp3) is 0.455. The Morgan fingerprint density at radius 3 is 2.43 bits per heavy atom. The summed E-state index contributed by atoms with van der Waals surface area (Å²) in [7, 11) is 1.67. The molecule has 2 aromatic carbocycles. The summed E-state index contributed by atoms with van der Waals surface area (Å²) in [5, 5.41) is 9.50. The molecule has 1 aliphatic heterocycles. The zero-order chi connectivity index (χ0) is 20.1. The van der Waals surface area contributed by atoms with Crippen molar-refractivity contribution in [3.05, 3.63) is 64.7 Å². The standard InChI is InChI=1S/C22H28F2N2O2/c1-16-9-17(3-4-22(16)28-2)14-26-7-6-25(15-21(26)5-8-27)13-18-10-19(23)12-20(24)11-18/h3-4,9-12,21,27H,5-8,13-15H2,1-2H3.